The number of aliphatic hydroxyl groups is 1. The third-order valence-electron chi connectivity index (χ3n) is 2.39. The van der Waals surface area contributed by atoms with E-state index in [-0.39, 0.29) is 5.56 Å². The number of benzene rings is 1. The van der Waals surface area contributed by atoms with Gasteiger partial charge in [0.15, 0.2) is 11.5 Å². The highest BCUT2D eigenvalue weighted by atomic mass is 16.6. The first-order valence-electron chi connectivity index (χ1n) is 4.90. The minimum atomic E-state index is -1.45. The second-order valence-electron chi connectivity index (χ2n) is 3.55. The summed E-state index contributed by atoms with van der Waals surface area (Å²) < 4.78 is 5.14. The molecule has 0 aliphatic heterocycles. The van der Waals surface area contributed by atoms with Crippen molar-refractivity contribution in [2.24, 2.45) is 0 Å². The predicted octanol–water partition coefficient (Wildman–Crippen LogP) is 1.10. The maximum atomic E-state index is 11.9. The number of aliphatic hydroxyl groups excluding tert-OH is 1. The van der Waals surface area contributed by atoms with Crippen LogP contribution in [0.2, 0.25) is 0 Å². The Morgan fingerprint density at radius 3 is 2.82 bits per heavy atom. The zero-order valence-electron chi connectivity index (χ0n) is 8.70. The fourth-order valence-corrected chi connectivity index (χ4v) is 1.56. The molecule has 0 fully saturated rings. The van der Waals surface area contributed by atoms with E-state index in [9.17, 15) is 20.0 Å². The van der Waals surface area contributed by atoms with Gasteiger partial charge in [-0.25, -0.2) is 0 Å². The molecule has 17 heavy (non-hydrogen) atoms. The Labute approximate surface area is 95.3 Å². The smallest absolute Gasteiger partial charge is 0.233 e. The molecule has 1 heterocycles. The number of nitro groups is 1. The van der Waals surface area contributed by atoms with E-state index in [0.717, 1.165) is 6.26 Å². The molecular weight excluding hydrogens is 226 g/mol. The van der Waals surface area contributed by atoms with E-state index in [4.69, 9.17) is 4.42 Å². The van der Waals surface area contributed by atoms with Gasteiger partial charge in [0.1, 0.15) is 11.8 Å². The molecule has 2 rings (SSSR count). The van der Waals surface area contributed by atoms with Crippen molar-refractivity contribution in [2.75, 3.05) is 6.54 Å². The highest BCUT2D eigenvalue weighted by Gasteiger charge is 2.19. The van der Waals surface area contributed by atoms with Crippen LogP contribution < -0.4 is 5.43 Å². The van der Waals surface area contributed by atoms with Gasteiger partial charge in [-0.05, 0) is 12.1 Å². The molecule has 0 radical (unpaired) electrons. The number of rotatable bonds is 3. The van der Waals surface area contributed by atoms with Gasteiger partial charge in [0, 0.05) is 4.92 Å². The summed E-state index contributed by atoms with van der Waals surface area (Å²) in [5.41, 5.74) is -0.156. The van der Waals surface area contributed by atoms with Crippen molar-refractivity contribution in [3.05, 3.63) is 56.4 Å². The summed E-state index contributed by atoms with van der Waals surface area (Å²) in [4.78, 5) is 21.5. The Kier molecular flexibility index (Phi) is 2.88. The van der Waals surface area contributed by atoms with Crippen molar-refractivity contribution >= 4 is 11.0 Å². The monoisotopic (exact) mass is 235 g/mol. The Morgan fingerprint density at radius 2 is 2.12 bits per heavy atom. The molecule has 0 aliphatic rings. The van der Waals surface area contributed by atoms with Gasteiger partial charge in [-0.2, -0.15) is 0 Å². The first-order valence-corrected chi connectivity index (χ1v) is 4.90. The van der Waals surface area contributed by atoms with Gasteiger partial charge in [0.2, 0.25) is 6.54 Å². The Morgan fingerprint density at radius 1 is 1.41 bits per heavy atom. The largest absolute Gasteiger partial charge is 0.464 e. The van der Waals surface area contributed by atoms with E-state index < -0.39 is 23.0 Å². The average Bonchev–Trinajstić information content (AvgIpc) is 2.28. The lowest BCUT2D eigenvalue weighted by atomic mass is 10.1. The van der Waals surface area contributed by atoms with Gasteiger partial charge in [0.25, 0.3) is 0 Å². The highest BCUT2D eigenvalue weighted by molar-refractivity contribution is 5.76. The molecule has 0 spiro atoms. The quantitative estimate of drug-likeness (QED) is 0.635. The van der Waals surface area contributed by atoms with Crippen LogP contribution in [0.1, 0.15) is 11.7 Å². The molecule has 1 aromatic heterocycles. The third-order valence-corrected chi connectivity index (χ3v) is 2.39. The first-order chi connectivity index (χ1) is 8.09. The first kappa shape index (κ1) is 11.3. The fraction of sp³-hybridized carbons (Fsp3) is 0.182. The minimum absolute atomic E-state index is 0.0969. The van der Waals surface area contributed by atoms with Crippen molar-refractivity contribution < 1.29 is 14.4 Å². The summed E-state index contributed by atoms with van der Waals surface area (Å²) in [5.74, 6) is 0. The molecular formula is C11H9NO5. The van der Waals surface area contributed by atoms with Gasteiger partial charge in [-0.3, -0.25) is 14.9 Å². The number of fused-ring (bicyclic) bond motifs is 1. The van der Waals surface area contributed by atoms with Crippen molar-refractivity contribution in [2.45, 2.75) is 6.10 Å². The summed E-state index contributed by atoms with van der Waals surface area (Å²) in [6.45, 7) is -0.719. The van der Waals surface area contributed by atoms with Crippen LogP contribution in [-0.4, -0.2) is 16.6 Å². The van der Waals surface area contributed by atoms with E-state index in [1.54, 1.807) is 24.3 Å². The lowest BCUT2D eigenvalue weighted by Gasteiger charge is -2.05. The molecule has 0 aliphatic carbocycles. The molecule has 1 unspecified atom stereocenters. The molecule has 6 heteroatoms. The summed E-state index contributed by atoms with van der Waals surface area (Å²) in [7, 11) is 0. The van der Waals surface area contributed by atoms with Gasteiger partial charge in [-0.1, -0.05) is 12.1 Å². The Bertz CT molecular complexity index is 619. The van der Waals surface area contributed by atoms with Crippen LogP contribution in [0.4, 0.5) is 0 Å². The molecule has 2 aromatic rings. The summed E-state index contributed by atoms with van der Waals surface area (Å²) in [5, 5.41) is 20.1. The molecule has 1 N–H and O–H groups in total. The van der Waals surface area contributed by atoms with Crippen LogP contribution in [0.5, 0.6) is 0 Å². The zero-order chi connectivity index (χ0) is 12.4. The van der Waals surface area contributed by atoms with Gasteiger partial charge < -0.3 is 9.52 Å². The van der Waals surface area contributed by atoms with Crippen LogP contribution in [-0.2, 0) is 0 Å². The van der Waals surface area contributed by atoms with Crippen LogP contribution >= 0.6 is 0 Å². The van der Waals surface area contributed by atoms with E-state index in [1.807, 2.05) is 0 Å². The van der Waals surface area contributed by atoms with Gasteiger partial charge in [-0.15, -0.1) is 0 Å². The highest BCUT2D eigenvalue weighted by Crippen LogP contribution is 2.15. The molecule has 0 saturated carbocycles. The maximum Gasteiger partial charge on any atom is 0.233 e. The number of nitrogens with zero attached hydrogens (tertiary/aromatic N) is 1. The van der Waals surface area contributed by atoms with Crippen LogP contribution in [0, 0.1) is 10.1 Å². The predicted molar refractivity (Wildman–Crippen MR) is 59.3 cm³/mol. The van der Waals surface area contributed by atoms with E-state index in [1.165, 1.54) is 0 Å². The lowest BCUT2D eigenvalue weighted by molar-refractivity contribution is -0.491. The van der Waals surface area contributed by atoms with Crippen LogP contribution in [0.3, 0.4) is 0 Å². The number of hydrogen-bond acceptors (Lipinski definition) is 5. The minimum Gasteiger partial charge on any atom is -0.464 e. The second-order valence-corrected chi connectivity index (χ2v) is 3.55. The van der Waals surface area contributed by atoms with Crippen LogP contribution in [0.25, 0.3) is 11.0 Å². The molecule has 0 bridgehead atoms. The zero-order valence-corrected chi connectivity index (χ0v) is 8.70. The third kappa shape index (κ3) is 2.16. The maximum absolute atomic E-state index is 11.9. The van der Waals surface area contributed by atoms with E-state index in [2.05, 4.69) is 0 Å². The van der Waals surface area contributed by atoms with Crippen molar-refractivity contribution in [3.63, 3.8) is 0 Å². The SMILES string of the molecule is O=c1c(C(O)C[N+](=O)[O-])coc2ccccc12. The Balaban J connectivity index is 2.53. The van der Waals surface area contributed by atoms with Crippen molar-refractivity contribution in [3.8, 4) is 0 Å². The molecule has 0 amide bonds. The van der Waals surface area contributed by atoms with E-state index >= 15 is 0 Å². The number of para-hydroxylation sites is 1. The summed E-state index contributed by atoms with van der Waals surface area (Å²) in [6.07, 6.45) is -0.385. The average molecular weight is 235 g/mol. The molecule has 88 valence electrons. The molecule has 6 nitrogen and oxygen atoms in total. The number of hydrogen-bond donors (Lipinski definition) is 1. The topological polar surface area (TPSA) is 93.6 Å². The molecule has 1 atom stereocenters. The van der Waals surface area contributed by atoms with E-state index in [0.29, 0.717) is 11.0 Å². The van der Waals surface area contributed by atoms with Crippen LogP contribution in [0.15, 0.2) is 39.7 Å². The summed E-state index contributed by atoms with van der Waals surface area (Å²) >= 11 is 0. The van der Waals surface area contributed by atoms with Gasteiger partial charge in [0.05, 0.1) is 10.9 Å². The molecule has 0 saturated heterocycles. The summed E-state index contributed by atoms with van der Waals surface area (Å²) in [6, 6.07) is 6.52. The van der Waals surface area contributed by atoms with Crippen molar-refractivity contribution in [1.82, 2.24) is 0 Å². The normalized spacial score (nSPS) is 12.5. The van der Waals surface area contributed by atoms with Crippen molar-refractivity contribution in [1.29, 1.82) is 0 Å². The standard InChI is InChI=1S/C11H9NO5/c13-9(5-12(15)16)8-6-17-10-4-2-1-3-7(10)11(8)14/h1-4,6,9,13H,5H2. The fourth-order valence-electron chi connectivity index (χ4n) is 1.56. The van der Waals surface area contributed by atoms with Gasteiger partial charge >= 0.3 is 0 Å². The second kappa shape index (κ2) is 4.34. The Hall–Kier alpha value is -2.21. The molecule has 1 aromatic carbocycles. The lowest BCUT2D eigenvalue weighted by Crippen LogP contribution is -2.19.